The summed E-state index contributed by atoms with van der Waals surface area (Å²) in [6, 6.07) is 0.789. The molecule has 1 aliphatic heterocycles. The van der Waals surface area contributed by atoms with Crippen LogP contribution >= 0.6 is 0 Å². The van der Waals surface area contributed by atoms with Gasteiger partial charge in [0.25, 0.3) is 0 Å². The third-order valence-electron chi connectivity index (χ3n) is 2.31. The molecule has 66 valence electrons. The summed E-state index contributed by atoms with van der Waals surface area (Å²) in [6.07, 6.45) is 1.32. The average Bonchev–Trinajstić information content (AvgIpc) is 2.35. The lowest BCUT2D eigenvalue weighted by Gasteiger charge is -2.24. The Morgan fingerprint density at radius 3 is 2.73 bits per heavy atom. The monoisotopic (exact) mass is 156 g/mol. The van der Waals surface area contributed by atoms with E-state index in [2.05, 4.69) is 31.1 Å². The standard InChI is InChI=1S/C9H20N2/c1-8(2)7-11(3)9-4-5-10-6-9/h8-10H,4-7H2,1-3H3/t9-/m1/s1. The Bertz CT molecular complexity index is 106. The third-order valence-corrected chi connectivity index (χ3v) is 2.31. The van der Waals surface area contributed by atoms with Gasteiger partial charge in [-0.25, -0.2) is 0 Å². The van der Waals surface area contributed by atoms with Crippen LogP contribution < -0.4 is 5.32 Å². The van der Waals surface area contributed by atoms with Crippen LogP contribution in [0.5, 0.6) is 0 Å². The van der Waals surface area contributed by atoms with Crippen LogP contribution in [-0.2, 0) is 0 Å². The highest BCUT2D eigenvalue weighted by Gasteiger charge is 2.18. The van der Waals surface area contributed by atoms with Crippen LogP contribution in [0.1, 0.15) is 20.3 Å². The smallest absolute Gasteiger partial charge is 0.0229 e. The molecule has 2 nitrogen and oxygen atoms in total. The predicted molar refractivity (Wildman–Crippen MR) is 48.7 cm³/mol. The second kappa shape index (κ2) is 4.07. The quantitative estimate of drug-likeness (QED) is 0.654. The maximum atomic E-state index is 3.38. The topological polar surface area (TPSA) is 15.3 Å². The first-order valence-electron chi connectivity index (χ1n) is 4.61. The van der Waals surface area contributed by atoms with Gasteiger partial charge in [-0.1, -0.05) is 13.8 Å². The SMILES string of the molecule is CC(C)CN(C)[C@@H]1CCNC1. The Balaban J connectivity index is 2.22. The van der Waals surface area contributed by atoms with Gasteiger partial charge in [-0.3, -0.25) is 0 Å². The fraction of sp³-hybridized carbons (Fsp3) is 1.00. The molecular weight excluding hydrogens is 136 g/mol. The van der Waals surface area contributed by atoms with Crippen molar-refractivity contribution in [3.63, 3.8) is 0 Å². The molecule has 1 rings (SSSR count). The van der Waals surface area contributed by atoms with E-state index in [1.165, 1.54) is 26.1 Å². The number of nitrogens with zero attached hydrogens (tertiary/aromatic N) is 1. The molecule has 2 heteroatoms. The van der Waals surface area contributed by atoms with Crippen LogP contribution in [0.15, 0.2) is 0 Å². The number of rotatable bonds is 3. The maximum absolute atomic E-state index is 3.38. The van der Waals surface area contributed by atoms with Crippen molar-refractivity contribution in [2.24, 2.45) is 5.92 Å². The molecule has 11 heavy (non-hydrogen) atoms. The van der Waals surface area contributed by atoms with E-state index in [1.54, 1.807) is 0 Å². The molecule has 0 saturated carbocycles. The van der Waals surface area contributed by atoms with Crippen LogP contribution in [0.3, 0.4) is 0 Å². The second-order valence-electron chi connectivity index (χ2n) is 3.98. The average molecular weight is 156 g/mol. The molecule has 0 unspecified atom stereocenters. The maximum Gasteiger partial charge on any atom is 0.0229 e. The minimum atomic E-state index is 0.789. The summed E-state index contributed by atoms with van der Waals surface area (Å²) in [6.45, 7) is 8.17. The summed E-state index contributed by atoms with van der Waals surface area (Å²) in [7, 11) is 2.23. The first kappa shape index (κ1) is 9.01. The molecule has 1 heterocycles. The van der Waals surface area contributed by atoms with E-state index in [0.29, 0.717) is 0 Å². The molecule has 0 spiro atoms. The van der Waals surface area contributed by atoms with Gasteiger partial charge in [-0.2, -0.15) is 0 Å². The largest absolute Gasteiger partial charge is 0.315 e. The molecule has 1 aliphatic rings. The van der Waals surface area contributed by atoms with Crippen LogP contribution in [0.4, 0.5) is 0 Å². The van der Waals surface area contributed by atoms with Gasteiger partial charge in [-0.05, 0) is 25.9 Å². The lowest BCUT2D eigenvalue weighted by Crippen LogP contribution is -2.35. The summed E-state index contributed by atoms with van der Waals surface area (Å²) in [5.41, 5.74) is 0. The summed E-state index contributed by atoms with van der Waals surface area (Å²) in [5, 5.41) is 3.38. The highest BCUT2D eigenvalue weighted by atomic mass is 15.2. The van der Waals surface area contributed by atoms with Crippen molar-refractivity contribution in [2.75, 3.05) is 26.7 Å². The van der Waals surface area contributed by atoms with E-state index in [9.17, 15) is 0 Å². The molecule has 1 N–H and O–H groups in total. The second-order valence-corrected chi connectivity index (χ2v) is 3.98. The van der Waals surface area contributed by atoms with Gasteiger partial charge in [0.1, 0.15) is 0 Å². The first-order valence-corrected chi connectivity index (χ1v) is 4.61. The van der Waals surface area contributed by atoms with Crippen molar-refractivity contribution in [3.05, 3.63) is 0 Å². The van der Waals surface area contributed by atoms with Crippen molar-refractivity contribution < 1.29 is 0 Å². The van der Waals surface area contributed by atoms with Crippen molar-refractivity contribution in [1.82, 2.24) is 10.2 Å². The molecular formula is C9H20N2. The Morgan fingerprint density at radius 2 is 2.27 bits per heavy atom. The first-order chi connectivity index (χ1) is 5.20. The van der Waals surface area contributed by atoms with Crippen LogP contribution in [0.25, 0.3) is 0 Å². The van der Waals surface area contributed by atoms with E-state index in [4.69, 9.17) is 0 Å². The van der Waals surface area contributed by atoms with Crippen LogP contribution in [0, 0.1) is 5.92 Å². The Hall–Kier alpha value is -0.0800. The van der Waals surface area contributed by atoms with Gasteiger partial charge in [-0.15, -0.1) is 0 Å². The minimum absolute atomic E-state index is 0.789. The zero-order valence-corrected chi connectivity index (χ0v) is 7.93. The van der Waals surface area contributed by atoms with Crippen LogP contribution in [0.2, 0.25) is 0 Å². The molecule has 0 bridgehead atoms. The normalized spacial score (nSPS) is 25.4. The van der Waals surface area contributed by atoms with Crippen molar-refractivity contribution >= 4 is 0 Å². The zero-order chi connectivity index (χ0) is 8.27. The number of hydrogen-bond donors (Lipinski definition) is 1. The fourth-order valence-electron chi connectivity index (χ4n) is 1.74. The summed E-state index contributed by atoms with van der Waals surface area (Å²) in [5.74, 6) is 0.792. The van der Waals surface area contributed by atoms with E-state index in [-0.39, 0.29) is 0 Å². The highest BCUT2D eigenvalue weighted by Crippen LogP contribution is 2.07. The molecule has 0 aromatic heterocycles. The van der Waals surface area contributed by atoms with E-state index in [0.717, 1.165) is 12.0 Å². The van der Waals surface area contributed by atoms with E-state index in [1.807, 2.05) is 0 Å². The van der Waals surface area contributed by atoms with Gasteiger partial charge < -0.3 is 10.2 Å². The number of hydrogen-bond acceptors (Lipinski definition) is 2. The van der Waals surface area contributed by atoms with Crippen molar-refractivity contribution in [2.45, 2.75) is 26.3 Å². The molecule has 0 aliphatic carbocycles. The molecule has 1 atom stereocenters. The van der Waals surface area contributed by atoms with Gasteiger partial charge in [0, 0.05) is 19.1 Å². The minimum Gasteiger partial charge on any atom is -0.315 e. The lowest BCUT2D eigenvalue weighted by atomic mass is 10.1. The Morgan fingerprint density at radius 1 is 1.55 bits per heavy atom. The third kappa shape index (κ3) is 2.80. The number of nitrogens with one attached hydrogen (secondary N) is 1. The zero-order valence-electron chi connectivity index (χ0n) is 7.93. The highest BCUT2D eigenvalue weighted by molar-refractivity contribution is 4.78. The molecule has 0 aromatic rings. The van der Waals surface area contributed by atoms with E-state index < -0.39 is 0 Å². The fourth-order valence-corrected chi connectivity index (χ4v) is 1.74. The van der Waals surface area contributed by atoms with E-state index >= 15 is 0 Å². The van der Waals surface area contributed by atoms with Crippen molar-refractivity contribution in [1.29, 1.82) is 0 Å². The van der Waals surface area contributed by atoms with Gasteiger partial charge in [0.2, 0.25) is 0 Å². The predicted octanol–water partition coefficient (Wildman–Crippen LogP) is 0.936. The Kier molecular flexibility index (Phi) is 3.34. The molecule has 1 saturated heterocycles. The van der Waals surface area contributed by atoms with Gasteiger partial charge in [0.15, 0.2) is 0 Å². The lowest BCUT2D eigenvalue weighted by molar-refractivity contribution is 0.230. The Labute approximate surface area is 70.0 Å². The summed E-state index contributed by atoms with van der Waals surface area (Å²) in [4.78, 5) is 2.48. The molecule has 0 aromatic carbocycles. The van der Waals surface area contributed by atoms with Crippen LogP contribution in [-0.4, -0.2) is 37.6 Å². The van der Waals surface area contributed by atoms with Gasteiger partial charge in [0.05, 0.1) is 0 Å². The molecule has 1 fully saturated rings. The van der Waals surface area contributed by atoms with Gasteiger partial charge >= 0.3 is 0 Å². The molecule has 0 radical (unpaired) electrons. The number of likely N-dealkylation sites (N-methyl/N-ethyl adjacent to an activating group) is 1. The summed E-state index contributed by atoms with van der Waals surface area (Å²) < 4.78 is 0. The molecule has 0 amide bonds. The summed E-state index contributed by atoms with van der Waals surface area (Å²) >= 11 is 0. The van der Waals surface area contributed by atoms with Crippen molar-refractivity contribution in [3.8, 4) is 0 Å².